The summed E-state index contributed by atoms with van der Waals surface area (Å²) in [6, 6.07) is 7.34. The second-order valence-corrected chi connectivity index (χ2v) is 10.6. The van der Waals surface area contributed by atoms with Crippen LogP contribution in [0.2, 0.25) is 0 Å². The van der Waals surface area contributed by atoms with E-state index in [0.29, 0.717) is 17.1 Å². The van der Waals surface area contributed by atoms with E-state index in [0.717, 1.165) is 11.0 Å². The molecule has 3 heterocycles. The standard InChI is InChI=1S/C19H21FN6O9P2/c1-3-32-36(28,29)35-37(30,31)33-11-14-10-26(19(27)34-14)13-5-6-15(16(20)8-13)12-4-7-17(21-9-12)18-22-24-25(2)23-18/h4-9,14H,3,10-11H2,1-2H3,(H,28,29)(H,30,31). The van der Waals surface area contributed by atoms with Crippen molar-refractivity contribution in [3.63, 3.8) is 0 Å². The first-order valence-electron chi connectivity index (χ1n) is 10.6. The SMILES string of the molecule is CCOP(=O)(O)OP(=O)(O)OCC1CN(c2ccc(-c3ccc(-c4nnn(C)n4)nc3)c(F)c2)C(=O)O1. The molecule has 0 aliphatic carbocycles. The fourth-order valence-electron chi connectivity index (χ4n) is 3.32. The highest BCUT2D eigenvalue weighted by Crippen LogP contribution is 2.60. The normalized spacial score (nSPS) is 18.9. The quantitative estimate of drug-likeness (QED) is 0.346. The number of phosphoric ester groups is 2. The summed E-state index contributed by atoms with van der Waals surface area (Å²) in [7, 11) is -8.20. The number of cyclic esters (lactones) is 1. The Morgan fingerprint density at radius 2 is 1.95 bits per heavy atom. The minimum absolute atomic E-state index is 0.152. The van der Waals surface area contributed by atoms with E-state index in [-0.39, 0.29) is 24.4 Å². The van der Waals surface area contributed by atoms with Crippen LogP contribution in [0.5, 0.6) is 0 Å². The molecule has 2 N–H and O–H groups in total. The first-order chi connectivity index (χ1) is 17.5. The predicted octanol–water partition coefficient (Wildman–Crippen LogP) is 2.67. The van der Waals surface area contributed by atoms with Crippen molar-refractivity contribution >= 4 is 27.4 Å². The van der Waals surface area contributed by atoms with E-state index in [4.69, 9.17) is 4.74 Å². The van der Waals surface area contributed by atoms with Gasteiger partial charge in [-0.15, -0.1) is 10.2 Å². The van der Waals surface area contributed by atoms with E-state index >= 15 is 0 Å². The highest BCUT2D eigenvalue weighted by Gasteiger charge is 2.38. The third kappa shape index (κ3) is 6.62. The number of amides is 1. The van der Waals surface area contributed by atoms with Gasteiger partial charge < -0.3 is 14.5 Å². The molecule has 0 bridgehead atoms. The molecule has 4 rings (SSSR count). The molecule has 37 heavy (non-hydrogen) atoms. The van der Waals surface area contributed by atoms with Crippen LogP contribution in [0.25, 0.3) is 22.6 Å². The molecule has 198 valence electrons. The number of nitrogens with zero attached hydrogens (tertiary/aromatic N) is 6. The largest absolute Gasteiger partial charge is 0.481 e. The molecule has 3 aromatic rings. The average molecular weight is 558 g/mol. The summed E-state index contributed by atoms with van der Waals surface area (Å²) < 4.78 is 56.5. The Bertz CT molecular complexity index is 1390. The Balaban J connectivity index is 1.40. The van der Waals surface area contributed by atoms with Gasteiger partial charge in [0.25, 0.3) is 0 Å². The van der Waals surface area contributed by atoms with Gasteiger partial charge in [0, 0.05) is 17.3 Å². The molecule has 15 nitrogen and oxygen atoms in total. The Labute approximate surface area is 209 Å². The molecule has 1 fully saturated rings. The molecule has 1 aromatic carbocycles. The average Bonchev–Trinajstić information content (AvgIpc) is 3.42. The molecule has 1 saturated heterocycles. The maximum Gasteiger partial charge on any atom is 0.481 e. The number of aromatic nitrogens is 5. The van der Waals surface area contributed by atoms with E-state index < -0.39 is 40.3 Å². The monoisotopic (exact) mass is 558 g/mol. The van der Waals surface area contributed by atoms with Crippen molar-refractivity contribution < 1.29 is 46.2 Å². The van der Waals surface area contributed by atoms with Crippen molar-refractivity contribution in [2.75, 3.05) is 24.7 Å². The molecule has 3 unspecified atom stereocenters. The number of phosphoric acid groups is 2. The minimum atomic E-state index is -5.00. The fraction of sp³-hybridized carbons (Fsp3) is 0.316. The van der Waals surface area contributed by atoms with Crippen molar-refractivity contribution in [1.29, 1.82) is 0 Å². The minimum Gasteiger partial charge on any atom is -0.441 e. The number of pyridine rings is 1. The molecule has 1 amide bonds. The molecule has 0 saturated carbocycles. The van der Waals surface area contributed by atoms with E-state index in [2.05, 4.69) is 33.8 Å². The number of anilines is 1. The topological polar surface area (TPSA) is 188 Å². The zero-order valence-electron chi connectivity index (χ0n) is 19.4. The summed E-state index contributed by atoms with van der Waals surface area (Å²) in [6.07, 6.45) is -0.442. The summed E-state index contributed by atoms with van der Waals surface area (Å²) in [5.74, 6) is -0.320. The maximum absolute atomic E-state index is 14.9. The van der Waals surface area contributed by atoms with Crippen molar-refractivity contribution in [1.82, 2.24) is 25.2 Å². The molecular weight excluding hydrogens is 537 g/mol. The van der Waals surface area contributed by atoms with Crippen molar-refractivity contribution in [3.8, 4) is 22.6 Å². The number of tetrazole rings is 1. The van der Waals surface area contributed by atoms with Gasteiger partial charge >= 0.3 is 21.7 Å². The van der Waals surface area contributed by atoms with Crippen molar-refractivity contribution in [2.45, 2.75) is 13.0 Å². The van der Waals surface area contributed by atoms with Crippen LogP contribution in [0.15, 0.2) is 36.5 Å². The molecule has 0 radical (unpaired) electrons. The number of carbonyl (C=O) groups is 1. The second-order valence-electron chi connectivity index (χ2n) is 7.55. The first-order valence-corrected chi connectivity index (χ1v) is 13.6. The number of hydrogen-bond donors (Lipinski definition) is 2. The zero-order chi connectivity index (χ0) is 26.8. The van der Waals surface area contributed by atoms with Crippen molar-refractivity contribution in [3.05, 3.63) is 42.3 Å². The van der Waals surface area contributed by atoms with Gasteiger partial charge in [-0.3, -0.25) is 18.9 Å². The highest BCUT2D eigenvalue weighted by atomic mass is 31.3. The molecular formula is C19H21FN6O9P2. The third-order valence-corrected chi connectivity index (χ3v) is 7.58. The van der Waals surface area contributed by atoms with Gasteiger partial charge in [0.2, 0.25) is 5.82 Å². The van der Waals surface area contributed by atoms with Gasteiger partial charge in [-0.1, -0.05) is 6.07 Å². The lowest BCUT2D eigenvalue weighted by atomic mass is 10.1. The van der Waals surface area contributed by atoms with Crippen LogP contribution in [-0.4, -0.2) is 66.9 Å². The lowest BCUT2D eigenvalue weighted by Crippen LogP contribution is -2.25. The fourth-order valence-corrected chi connectivity index (χ4v) is 5.42. The van der Waals surface area contributed by atoms with Gasteiger partial charge in [0.05, 0.1) is 32.5 Å². The summed E-state index contributed by atoms with van der Waals surface area (Å²) in [5.41, 5.74) is 1.32. The van der Waals surface area contributed by atoms with Crippen molar-refractivity contribution in [2.24, 2.45) is 7.05 Å². The Hall–Kier alpha value is -3.10. The van der Waals surface area contributed by atoms with Crippen LogP contribution in [0, 0.1) is 5.82 Å². The number of hydrogen-bond acceptors (Lipinski definition) is 11. The Morgan fingerprint density at radius 3 is 2.57 bits per heavy atom. The van der Waals surface area contributed by atoms with E-state index in [9.17, 15) is 28.1 Å². The zero-order valence-corrected chi connectivity index (χ0v) is 21.2. The lowest BCUT2D eigenvalue weighted by Gasteiger charge is -2.17. The number of halogens is 1. The van der Waals surface area contributed by atoms with Gasteiger partial charge in [0.1, 0.15) is 17.6 Å². The Morgan fingerprint density at radius 1 is 1.19 bits per heavy atom. The number of benzene rings is 1. The van der Waals surface area contributed by atoms with Crippen LogP contribution >= 0.6 is 15.6 Å². The summed E-state index contributed by atoms with van der Waals surface area (Å²) >= 11 is 0. The van der Waals surface area contributed by atoms with Gasteiger partial charge in [0.15, 0.2) is 0 Å². The smallest absolute Gasteiger partial charge is 0.441 e. The number of carbonyl (C=O) groups excluding carboxylic acids is 1. The summed E-state index contributed by atoms with van der Waals surface area (Å²) in [6.45, 7) is 0.340. The van der Waals surface area contributed by atoms with Crippen LogP contribution in [0.1, 0.15) is 6.92 Å². The summed E-state index contributed by atoms with van der Waals surface area (Å²) in [4.78, 5) is 37.9. The van der Waals surface area contributed by atoms with Crippen LogP contribution in [-0.2, 0) is 34.3 Å². The number of aryl methyl sites for hydroxylation is 1. The summed E-state index contributed by atoms with van der Waals surface area (Å²) in [5, 5.41) is 11.7. The van der Waals surface area contributed by atoms with Gasteiger partial charge in [-0.2, -0.15) is 9.11 Å². The molecule has 18 heteroatoms. The number of ether oxygens (including phenoxy) is 1. The van der Waals surface area contributed by atoms with Crippen LogP contribution in [0.3, 0.4) is 0 Å². The molecule has 1 aliphatic heterocycles. The molecule has 2 aromatic heterocycles. The van der Waals surface area contributed by atoms with Crippen LogP contribution in [0.4, 0.5) is 14.9 Å². The number of rotatable bonds is 10. The van der Waals surface area contributed by atoms with E-state index in [1.807, 2.05) is 0 Å². The molecule has 1 aliphatic rings. The third-order valence-electron chi connectivity index (χ3n) is 4.87. The van der Waals surface area contributed by atoms with Gasteiger partial charge in [-0.25, -0.2) is 18.3 Å². The maximum atomic E-state index is 14.9. The Kier molecular flexibility index (Phi) is 7.80. The highest BCUT2D eigenvalue weighted by molar-refractivity contribution is 7.61. The van der Waals surface area contributed by atoms with E-state index in [1.54, 1.807) is 19.2 Å². The predicted molar refractivity (Wildman–Crippen MR) is 123 cm³/mol. The molecule has 3 atom stereocenters. The second kappa shape index (κ2) is 10.7. The first kappa shape index (κ1) is 26.9. The lowest BCUT2D eigenvalue weighted by molar-refractivity contribution is 0.0847. The van der Waals surface area contributed by atoms with Gasteiger partial charge in [-0.05, 0) is 36.4 Å². The molecule has 0 spiro atoms. The van der Waals surface area contributed by atoms with E-state index in [1.165, 1.54) is 30.0 Å². The van der Waals surface area contributed by atoms with Crippen LogP contribution < -0.4 is 4.90 Å².